The highest BCUT2D eigenvalue weighted by Crippen LogP contribution is 2.44. The van der Waals surface area contributed by atoms with E-state index in [0.29, 0.717) is 4.31 Å². The summed E-state index contributed by atoms with van der Waals surface area (Å²) in [5, 5.41) is 0. The minimum Gasteiger partial charge on any atom is -0.452 e. The molecule has 4 aromatic rings. The number of ether oxygens (including phenoxy) is 6. The van der Waals surface area contributed by atoms with Crippen molar-refractivity contribution < 1.29 is 45.8 Å². The summed E-state index contributed by atoms with van der Waals surface area (Å²) in [6, 6.07) is 38.1. The molecule has 0 saturated carbocycles. The van der Waals surface area contributed by atoms with E-state index in [2.05, 4.69) is 0 Å². The number of amides is 1. The standard InChI is InChI=1S/C37H39NO10S/c1-42-36(39)38-37(27-47-49(38,40)41)35(46-25-31-20-12-5-13-21-31)34(45-24-30-18-10-4-11-19-30)33(44-23-29-16-8-3-9-17-29)32(48-37)26-43-22-28-14-6-2-7-15-28/h2-21,32-35H,22-27H2,1H3/t32-,33-,34+,35-,37+/m1/s1. The van der Waals surface area contributed by atoms with E-state index in [9.17, 15) is 13.2 Å². The van der Waals surface area contributed by atoms with Crippen LogP contribution >= 0.6 is 0 Å². The molecule has 2 fully saturated rings. The second-order valence-corrected chi connectivity index (χ2v) is 13.2. The molecule has 0 bridgehead atoms. The lowest BCUT2D eigenvalue weighted by atomic mass is 9.89. The van der Waals surface area contributed by atoms with Gasteiger partial charge in [-0.15, -0.1) is 4.31 Å². The lowest BCUT2D eigenvalue weighted by molar-refractivity contribution is -0.327. The van der Waals surface area contributed by atoms with Crippen LogP contribution in [0.1, 0.15) is 22.3 Å². The first kappa shape index (κ1) is 34.7. The van der Waals surface area contributed by atoms with E-state index < -0.39 is 53.1 Å². The van der Waals surface area contributed by atoms with Crippen LogP contribution in [-0.2, 0) is 69.3 Å². The Bertz CT molecular complexity index is 1730. The van der Waals surface area contributed by atoms with Crippen molar-refractivity contribution in [2.24, 2.45) is 0 Å². The molecule has 0 aliphatic carbocycles. The number of rotatable bonds is 13. The molecule has 1 spiro atoms. The maximum Gasteiger partial charge on any atom is 0.427 e. The third kappa shape index (κ3) is 8.19. The fraction of sp³-hybridized carbons (Fsp3) is 0.324. The van der Waals surface area contributed by atoms with Crippen LogP contribution in [0.4, 0.5) is 4.79 Å². The monoisotopic (exact) mass is 689 g/mol. The summed E-state index contributed by atoms with van der Waals surface area (Å²) < 4.78 is 70.3. The molecule has 0 unspecified atom stereocenters. The zero-order valence-electron chi connectivity index (χ0n) is 27.0. The smallest absolute Gasteiger partial charge is 0.427 e. The Labute approximate surface area is 286 Å². The largest absolute Gasteiger partial charge is 0.452 e. The SMILES string of the molecule is COC(=O)N1[C@@]2(COS1(=O)=O)O[C@H](COCc1ccccc1)[C@@H](OCc1ccccc1)[C@H](OCc1ccccc1)[C@H]2OCc1ccccc1. The molecule has 2 aliphatic rings. The maximum absolute atomic E-state index is 13.4. The molecule has 0 aromatic heterocycles. The number of methoxy groups -OCH3 is 1. The van der Waals surface area contributed by atoms with E-state index in [4.69, 9.17) is 32.6 Å². The third-order valence-corrected chi connectivity index (χ3v) is 9.67. The van der Waals surface area contributed by atoms with Gasteiger partial charge in [-0.25, -0.2) is 8.98 Å². The van der Waals surface area contributed by atoms with Crippen LogP contribution in [-0.4, -0.2) is 69.3 Å². The molecule has 0 N–H and O–H groups in total. The van der Waals surface area contributed by atoms with Crippen LogP contribution in [0.25, 0.3) is 0 Å². The first-order valence-electron chi connectivity index (χ1n) is 15.9. The minimum atomic E-state index is -4.66. The topological polar surface area (TPSA) is 119 Å². The van der Waals surface area contributed by atoms with Crippen molar-refractivity contribution in [1.82, 2.24) is 4.31 Å². The minimum absolute atomic E-state index is 0.0391. The number of nitrogens with zero attached hydrogens (tertiary/aromatic N) is 1. The van der Waals surface area contributed by atoms with E-state index in [1.54, 1.807) is 0 Å². The summed E-state index contributed by atoms with van der Waals surface area (Å²) in [6.07, 6.45) is -5.22. The average Bonchev–Trinajstić information content (AvgIpc) is 3.40. The van der Waals surface area contributed by atoms with Gasteiger partial charge in [-0.1, -0.05) is 121 Å². The fourth-order valence-corrected chi connectivity index (χ4v) is 7.26. The van der Waals surface area contributed by atoms with Gasteiger partial charge in [0.15, 0.2) is 0 Å². The molecule has 2 aliphatic heterocycles. The van der Waals surface area contributed by atoms with Crippen LogP contribution < -0.4 is 0 Å². The Kier molecular flexibility index (Phi) is 11.4. The summed E-state index contributed by atoms with van der Waals surface area (Å²) in [5.41, 5.74) is 1.47. The first-order valence-corrected chi connectivity index (χ1v) is 17.3. The molecule has 2 heterocycles. The zero-order chi connectivity index (χ0) is 34.1. The van der Waals surface area contributed by atoms with Crippen molar-refractivity contribution in [2.75, 3.05) is 20.3 Å². The molecule has 5 atom stereocenters. The highest BCUT2D eigenvalue weighted by atomic mass is 32.2. The Morgan fingerprint density at radius 2 is 1.14 bits per heavy atom. The highest BCUT2D eigenvalue weighted by Gasteiger charge is 2.68. The van der Waals surface area contributed by atoms with Gasteiger partial charge in [-0.05, 0) is 22.3 Å². The van der Waals surface area contributed by atoms with Gasteiger partial charge in [0.05, 0.1) is 40.1 Å². The van der Waals surface area contributed by atoms with Crippen molar-refractivity contribution in [3.05, 3.63) is 144 Å². The zero-order valence-corrected chi connectivity index (χ0v) is 27.9. The summed E-state index contributed by atoms with van der Waals surface area (Å²) in [5.74, 6) is 0. The summed E-state index contributed by atoms with van der Waals surface area (Å²) in [7, 11) is -3.57. The van der Waals surface area contributed by atoms with Crippen LogP contribution in [0.3, 0.4) is 0 Å². The van der Waals surface area contributed by atoms with Crippen molar-refractivity contribution in [1.29, 1.82) is 0 Å². The molecule has 12 heteroatoms. The molecule has 6 rings (SSSR count). The molecular formula is C37H39NO10S. The molecule has 49 heavy (non-hydrogen) atoms. The van der Waals surface area contributed by atoms with Gasteiger partial charge >= 0.3 is 16.4 Å². The fourth-order valence-electron chi connectivity index (χ4n) is 6.00. The Hall–Kier alpha value is -4.14. The Morgan fingerprint density at radius 3 is 1.63 bits per heavy atom. The summed E-state index contributed by atoms with van der Waals surface area (Å²) >= 11 is 0. The Balaban J connectivity index is 1.41. The van der Waals surface area contributed by atoms with Crippen LogP contribution in [0.2, 0.25) is 0 Å². The number of benzene rings is 4. The lowest BCUT2D eigenvalue weighted by Crippen LogP contribution is -2.73. The number of carbonyl (C=O) groups is 1. The van der Waals surface area contributed by atoms with Crippen LogP contribution in [0.5, 0.6) is 0 Å². The van der Waals surface area contributed by atoms with Gasteiger partial charge in [0.1, 0.15) is 31.0 Å². The summed E-state index contributed by atoms with van der Waals surface area (Å²) in [6.45, 7) is -0.0163. The molecule has 11 nitrogen and oxygen atoms in total. The first-order chi connectivity index (χ1) is 23.9. The third-order valence-electron chi connectivity index (χ3n) is 8.35. The van der Waals surface area contributed by atoms with Crippen LogP contribution in [0, 0.1) is 0 Å². The van der Waals surface area contributed by atoms with Gasteiger partial charge in [-0.3, -0.25) is 0 Å². The Morgan fingerprint density at radius 1 is 0.694 bits per heavy atom. The maximum atomic E-state index is 13.4. The molecule has 1 amide bonds. The molecule has 4 aromatic carbocycles. The average molecular weight is 690 g/mol. The predicted octanol–water partition coefficient (Wildman–Crippen LogP) is 5.40. The van der Waals surface area contributed by atoms with Crippen molar-refractivity contribution in [3.8, 4) is 0 Å². The molecule has 258 valence electrons. The van der Waals surface area contributed by atoms with E-state index in [-0.39, 0.29) is 33.0 Å². The lowest BCUT2D eigenvalue weighted by Gasteiger charge is -2.51. The van der Waals surface area contributed by atoms with Gasteiger partial charge < -0.3 is 28.4 Å². The normalized spacial score (nSPS) is 24.6. The van der Waals surface area contributed by atoms with E-state index in [1.165, 1.54) is 0 Å². The summed E-state index contributed by atoms with van der Waals surface area (Å²) in [4.78, 5) is 13.3. The molecular weight excluding hydrogens is 650 g/mol. The second kappa shape index (κ2) is 16.0. The quantitative estimate of drug-likeness (QED) is 0.181. The second-order valence-electron chi connectivity index (χ2n) is 11.7. The number of hydrogen-bond acceptors (Lipinski definition) is 10. The molecule has 0 radical (unpaired) electrons. The van der Waals surface area contributed by atoms with Crippen molar-refractivity contribution in [2.45, 2.75) is 56.6 Å². The number of hydrogen-bond donors (Lipinski definition) is 0. The predicted molar refractivity (Wildman–Crippen MR) is 178 cm³/mol. The van der Waals surface area contributed by atoms with E-state index in [0.717, 1.165) is 29.4 Å². The van der Waals surface area contributed by atoms with Crippen molar-refractivity contribution >= 4 is 16.4 Å². The van der Waals surface area contributed by atoms with E-state index >= 15 is 0 Å². The van der Waals surface area contributed by atoms with Crippen LogP contribution in [0.15, 0.2) is 121 Å². The van der Waals surface area contributed by atoms with Gasteiger partial charge in [-0.2, -0.15) is 8.42 Å². The molecule has 2 saturated heterocycles. The van der Waals surface area contributed by atoms with Gasteiger partial charge in [0.2, 0.25) is 5.72 Å². The highest BCUT2D eigenvalue weighted by molar-refractivity contribution is 7.85. The van der Waals surface area contributed by atoms with E-state index in [1.807, 2.05) is 121 Å². The number of carbonyl (C=O) groups excluding carboxylic acids is 1. The van der Waals surface area contributed by atoms with Crippen molar-refractivity contribution in [3.63, 3.8) is 0 Å². The van der Waals surface area contributed by atoms with Gasteiger partial charge in [0.25, 0.3) is 0 Å². The van der Waals surface area contributed by atoms with Gasteiger partial charge in [0, 0.05) is 0 Å².